The summed E-state index contributed by atoms with van der Waals surface area (Å²) in [4.78, 5) is 32.6. The molecule has 0 bridgehead atoms. The van der Waals surface area contributed by atoms with Crippen LogP contribution in [0.2, 0.25) is 5.02 Å². The van der Waals surface area contributed by atoms with Crippen molar-refractivity contribution >= 4 is 38.9 Å². The van der Waals surface area contributed by atoms with E-state index in [9.17, 15) is 18.0 Å². The van der Waals surface area contributed by atoms with Crippen LogP contribution < -0.4 is 5.32 Å². The van der Waals surface area contributed by atoms with Gasteiger partial charge < -0.3 is 5.32 Å². The summed E-state index contributed by atoms with van der Waals surface area (Å²) in [6.45, 7) is 0. The number of nitrogens with one attached hydrogen (secondary N) is 1. The Morgan fingerprint density at radius 2 is 2.00 bits per heavy atom. The number of hydrogen-bond acceptors (Lipinski definition) is 6. The summed E-state index contributed by atoms with van der Waals surface area (Å²) in [7, 11) is -3.47. The maximum absolute atomic E-state index is 13.0. The number of aromatic nitrogens is 2. The summed E-state index contributed by atoms with van der Waals surface area (Å²) in [6, 6.07) is 4.59. The van der Waals surface area contributed by atoms with Gasteiger partial charge >= 0.3 is 0 Å². The fraction of sp³-hybridized carbons (Fsp3) is 0.400. The molecule has 0 spiro atoms. The Morgan fingerprint density at radius 1 is 1.28 bits per heavy atom. The number of hydrogen-bond donors (Lipinski definition) is 1. The average molecular weight is 436 g/mol. The Labute approximate surface area is 174 Å². The van der Waals surface area contributed by atoms with Gasteiger partial charge in [-0.05, 0) is 42.9 Å². The molecule has 0 aliphatic heterocycles. The largest absolute Gasteiger partial charge is 0.309 e. The minimum Gasteiger partial charge on any atom is -0.309 e. The van der Waals surface area contributed by atoms with Crippen molar-refractivity contribution in [2.45, 2.75) is 42.9 Å². The number of anilines is 1. The van der Waals surface area contributed by atoms with Crippen LogP contribution in [0.15, 0.2) is 41.7 Å². The summed E-state index contributed by atoms with van der Waals surface area (Å²) in [6.07, 6.45) is 8.60. The number of benzene rings is 1. The monoisotopic (exact) mass is 435 g/mol. The van der Waals surface area contributed by atoms with Crippen LogP contribution in [0, 0.1) is 5.92 Å². The van der Waals surface area contributed by atoms with Crippen LogP contribution in [0.5, 0.6) is 0 Å². The number of sulfone groups is 1. The predicted octanol–water partition coefficient (Wildman–Crippen LogP) is 3.41. The molecule has 1 heterocycles. The highest BCUT2D eigenvalue weighted by atomic mass is 35.5. The number of rotatable bonds is 6. The smallest absolute Gasteiger partial charge is 0.233 e. The van der Waals surface area contributed by atoms with E-state index in [1.807, 2.05) is 0 Å². The summed E-state index contributed by atoms with van der Waals surface area (Å²) < 4.78 is 23.7. The second kappa shape index (κ2) is 9.00. The maximum Gasteiger partial charge on any atom is 0.233 e. The number of nitrogens with zero attached hydrogens (tertiary/aromatic N) is 2. The van der Waals surface area contributed by atoms with Gasteiger partial charge in [-0.3, -0.25) is 14.6 Å². The summed E-state index contributed by atoms with van der Waals surface area (Å²) in [5.41, 5.74) is 0.626. The molecule has 1 amide bonds. The van der Waals surface area contributed by atoms with Crippen molar-refractivity contribution in [1.82, 2.24) is 9.97 Å². The minimum absolute atomic E-state index is 0.0271. The number of carbonyl (C=O) groups excluding carboxylic acids is 2. The van der Waals surface area contributed by atoms with Gasteiger partial charge in [0, 0.05) is 31.5 Å². The number of carbonyl (C=O) groups is 2. The van der Waals surface area contributed by atoms with Crippen molar-refractivity contribution in [1.29, 1.82) is 0 Å². The molecule has 29 heavy (non-hydrogen) atoms. The topological polar surface area (TPSA) is 106 Å². The first-order chi connectivity index (χ1) is 13.7. The molecule has 1 aromatic heterocycles. The highest BCUT2D eigenvalue weighted by Gasteiger charge is 2.29. The van der Waals surface area contributed by atoms with Crippen LogP contribution in [-0.2, 0) is 19.4 Å². The van der Waals surface area contributed by atoms with E-state index in [2.05, 4.69) is 15.3 Å². The third-order valence-corrected chi connectivity index (χ3v) is 6.70. The van der Waals surface area contributed by atoms with Crippen LogP contribution in [0.25, 0.3) is 0 Å². The van der Waals surface area contributed by atoms with E-state index in [-0.39, 0.29) is 27.5 Å². The highest BCUT2D eigenvalue weighted by Crippen LogP contribution is 2.35. The summed E-state index contributed by atoms with van der Waals surface area (Å²) in [5.74, 6) is -0.0203. The SMILES string of the molecule is CS(=O)(=O)c1ccc(C(CC2CCC(=O)CC2)C(=O)Nc2cnccn2)cc1Cl. The van der Waals surface area contributed by atoms with Gasteiger partial charge in [0.25, 0.3) is 0 Å². The molecule has 7 nitrogen and oxygen atoms in total. The van der Waals surface area contributed by atoms with Gasteiger partial charge in [-0.25, -0.2) is 13.4 Å². The number of Topliss-reactive ketones (excluding diaryl/α,β-unsaturated/α-hetero) is 1. The Kier molecular flexibility index (Phi) is 6.64. The second-order valence-corrected chi connectivity index (χ2v) is 9.70. The molecule has 1 aliphatic rings. The van der Waals surface area contributed by atoms with E-state index < -0.39 is 15.8 Å². The standard InChI is InChI=1S/C20H22ClN3O4S/c1-29(27,28)18-7-4-14(11-17(18)21)16(10-13-2-5-15(25)6-3-13)20(26)24-19-12-22-8-9-23-19/h4,7-9,11-13,16H,2-3,5-6,10H2,1H3,(H,23,24,26). The van der Waals surface area contributed by atoms with Crippen LogP contribution in [0.4, 0.5) is 5.82 Å². The van der Waals surface area contributed by atoms with Crippen molar-refractivity contribution in [3.05, 3.63) is 47.4 Å². The van der Waals surface area contributed by atoms with E-state index >= 15 is 0 Å². The third kappa shape index (κ3) is 5.61. The lowest BCUT2D eigenvalue weighted by molar-refractivity contribution is -0.121. The molecule has 1 unspecified atom stereocenters. The van der Waals surface area contributed by atoms with Gasteiger partial charge in [0.05, 0.1) is 22.0 Å². The minimum atomic E-state index is -3.47. The van der Waals surface area contributed by atoms with Gasteiger partial charge in [-0.2, -0.15) is 0 Å². The first-order valence-electron chi connectivity index (χ1n) is 9.32. The molecule has 1 N–H and O–H groups in total. The molecule has 154 valence electrons. The molecule has 1 saturated carbocycles. The lowest BCUT2D eigenvalue weighted by Gasteiger charge is -2.26. The van der Waals surface area contributed by atoms with Gasteiger partial charge in [0.1, 0.15) is 5.78 Å². The quantitative estimate of drug-likeness (QED) is 0.745. The third-order valence-electron chi connectivity index (χ3n) is 5.12. The molecule has 9 heteroatoms. The molecule has 1 aliphatic carbocycles. The van der Waals surface area contributed by atoms with Crippen molar-refractivity contribution in [3.8, 4) is 0 Å². The zero-order valence-electron chi connectivity index (χ0n) is 16.0. The predicted molar refractivity (Wildman–Crippen MR) is 110 cm³/mol. The van der Waals surface area contributed by atoms with Gasteiger partial charge in [-0.1, -0.05) is 17.7 Å². The lowest BCUT2D eigenvalue weighted by atomic mass is 9.80. The van der Waals surface area contributed by atoms with Crippen LogP contribution >= 0.6 is 11.6 Å². The maximum atomic E-state index is 13.0. The fourth-order valence-corrected chi connectivity index (χ4v) is 4.91. The molecule has 0 radical (unpaired) electrons. The summed E-state index contributed by atoms with van der Waals surface area (Å²) in [5, 5.41) is 2.85. The van der Waals surface area contributed by atoms with E-state index in [0.29, 0.717) is 30.6 Å². The fourth-order valence-electron chi connectivity index (χ4n) is 3.57. The van der Waals surface area contributed by atoms with Crippen LogP contribution in [0.1, 0.15) is 43.6 Å². The second-order valence-electron chi connectivity index (χ2n) is 7.31. The Hall–Kier alpha value is -2.32. The van der Waals surface area contributed by atoms with Gasteiger partial charge in [0.2, 0.25) is 5.91 Å². The van der Waals surface area contributed by atoms with Crippen molar-refractivity contribution < 1.29 is 18.0 Å². The van der Waals surface area contributed by atoms with Crippen LogP contribution in [-0.4, -0.2) is 36.3 Å². The van der Waals surface area contributed by atoms with Gasteiger partial charge in [-0.15, -0.1) is 0 Å². The van der Waals surface area contributed by atoms with Crippen molar-refractivity contribution in [2.24, 2.45) is 5.92 Å². The molecule has 1 fully saturated rings. The van der Waals surface area contributed by atoms with E-state index in [1.165, 1.54) is 30.7 Å². The Morgan fingerprint density at radius 3 is 2.59 bits per heavy atom. The average Bonchev–Trinajstić information content (AvgIpc) is 2.67. The Bertz CT molecular complexity index is 1000. The molecular formula is C20H22ClN3O4S. The number of amides is 1. The number of halogens is 1. The van der Waals surface area contributed by atoms with Crippen molar-refractivity contribution in [2.75, 3.05) is 11.6 Å². The van der Waals surface area contributed by atoms with E-state index in [0.717, 1.165) is 19.1 Å². The Balaban J connectivity index is 1.88. The molecule has 0 saturated heterocycles. The normalized spacial score (nSPS) is 16.4. The number of ketones is 1. The first kappa shape index (κ1) is 21.4. The van der Waals surface area contributed by atoms with Crippen molar-refractivity contribution in [3.63, 3.8) is 0 Å². The molecule has 1 aromatic carbocycles. The zero-order chi connectivity index (χ0) is 21.0. The zero-order valence-corrected chi connectivity index (χ0v) is 17.5. The van der Waals surface area contributed by atoms with Gasteiger partial charge in [0.15, 0.2) is 15.7 Å². The molecule has 3 rings (SSSR count). The summed E-state index contributed by atoms with van der Waals surface area (Å²) >= 11 is 6.21. The molecular weight excluding hydrogens is 414 g/mol. The van der Waals surface area contributed by atoms with E-state index in [4.69, 9.17) is 11.6 Å². The molecule has 2 aromatic rings. The van der Waals surface area contributed by atoms with Crippen LogP contribution in [0.3, 0.4) is 0 Å². The first-order valence-corrected chi connectivity index (χ1v) is 11.6. The highest BCUT2D eigenvalue weighted by molar-refractivity contribution is 7.90. The van der Waals surface area contributed by atoms with E-state index in [1.54, 1.807) is 6.07 Å². The lowest BCUT2D eigenvalue weighted by Crippen LogP contribution is -2.26. The molecule has 1 atom stereocenters.